The average Bonchev–Trinajstić information content (AvgIpc) is 2.15. The molecule has 0 aliphatic carbocycles. The van der Waals surface area contributed by atoms with Crippen LogP contribution in [0.2, 0.25) is 0 Å². The summed E-state index contributed by atoms with van der Waals surface area (Å²) in [6, 6.07) is 8.48. The maximum absolute atomic E-state index is 8.81. The Labute approximate surface area is 79.6 Å². The maximum Gasteiger partial charge on any atom is 0.116 e. The van der Waals surface area contributed by atoms with Crippen molar-refractivity contribution in [3.05, 3.63) is 35.4 Å². The Morgan fingerprint density at radius 1 is 1.00 bits per heavy atom. The van der Waals surface area contributed by atoms with E-state index in [1.165, 1.54) is 18.1 Å². The number of carbonyl (C=O) groups is 2. The number of benzene rings is 1. The van der Waals surface area contributed by atoms with Crippen LogP contribution < -0.4 is 0 Å². The molecule has 0 N–H and O–H groups in total. The van der Waals surface area contributed by atoms with Crippen LogP contribution in [-0.4, -0.2) is 13.1 Å². The molecule has 0 atom stereocenters. The third kappa shape index (κ3) is 10.6. The molecule has 0 aromatic heterocycles. The van der Waals surface area contributed by atoms with Crippen molar-refractivity contribution < 1.29 is 9.59 Å². The largest absolute Gasteiger partial charge is 0.307 e. The third-order valence-corrected chi connectivity index (χ3v) is 1.22. The minimum atomic E-state index is 0.750. The molecule has 0 saturated carbocycles. The number of carbonyl (C=O) groups excluding carboxylic acids is 2. The summed E-state index contributed by atoms with van der Waals surface area (Å²) in [4.78, 5) is 16.8. The highest BCUT2D eigenvalue weighted by Gasteiger charge is 1.79. The van der Waals surface area contributed by atoms with Gasteiger partial charge in [0, 0.05) is 0 Å². The monoisotopic (exact) mass is 180 g/mol. The molecule has 2 heteroatoms. The van der Waals surface area contributed by atoms with Crippen LogP contribution in [0.1, 0.15) is 18.1 Å². The van der Waals surface area contributed by atoms with Crippen LogP contribution in [0.4, 0.5) is 0 Å². The molecule has 0 bridgehead atoms. The summed E-state index contributed by atoms with van der Waals surface area (Å²) in [5.74, 6) is 0. The quantitative estimate of drug-likeness (QED) is 0.574. The Bertz CT molecular complexity index is 193. The fourth-order valence-corrected chi connectivity index (χ4v) is 0.637. The van der Waals surface area contributed by atoms with Crippen molar-refractivity contribution in [2.75, 3.05) is 0 Å². The molecule has 0 fully saturated rings. The molecule has 0 amide bonds. The smallest absolute Gasteiger partial charge is 0.116 e. The molecular weight excluding hydrogens is 164 g/mol. The Kier molecular flexibility index (Phi) is 11.5. The van der Waals surface area contributed by atoms with E-state index in [0.29, 0.717) is 0 Å². The van der Waals surface area contributed by atoms with E-state index in [9.17, 15) is 0 Å². The molecule has 1 aromatic rings. The molecule has 0 aliphatic rings. The predicted octanol–water partition coefficient (Wildman–Crippen LogP) is 2.32. The molecule has 0 aliphatic heterocycles. The summed E-state index contributed by atoms with van der Waals surface area (Å²) in [5, 5.41) is 0. The Morgan fingerprint density at radius 2 is 1.15 bits per heavy atom. The van der Waals surface area contributed by atoms with Gasteiger partial charge >= 0.3 is 0 Å². The van der Waals surface area contributed by atoms with Gasteiger partial charge in [0.15, 0.2) is 0 Å². The molecule has 0 radical (unpaired) electrons. The van der Waals surface area contributed by atoms with E-state index in [4.69, 9.17) is 9.59 Å². The van der Waals surface area contributed by atoms with Crippen LogP contribution in [-0.2, 0) is 9.59 Å². The predicted molar refractivity (Wildman–Crippen MR) is 54.8 cm³/mol. The van der Waals surface area contributed by atoms with Crippen LogP contribution in [0, 0.1) is 13.8 Å². The number of aryl methyl sites for hydroxylation is 2. The fraction of sp³-hybridized carbons (Fsp3) is 0.273. The van der Waals surface area contributed by atoms with E-state index >= 15 is 0 Å². The highest BCUT2D eigenvalue weighted by molar-refractivity contribution is 5.44. The van der Waals surface area contributed by atoms with Crippen molar-refractivity contribution in [2.45, 2.75) is 20.8 Å². The summed E-state index contributed by atoms with van der Waals surface area (Å²) >= 11 is 0. The summed E-state index contributed by atoms with van der Waals surface area (Å²) in [6.45, 7) is 7.64. The van der Waals surface area contributed by atoms with Gasteiger partial charge in [0.2, 0.25) is 0 Å². The van der Waals surface area contributed by atoms with Gasteiger partial charge in [0.25, 0.3) is 0 Å². The maximum atomic E-state index is 8.81. The first-order chi connectivity index (χ1) is 6.20. The minimum Gasteiger partial charge on any atom is -0.307 e. The first-order valence-corrected chi connectivity index (χ1v) is 3.92. The summed E-state index contributed by atoms with van der Waals surface area (Å²) in [6.07, 6.45) is 0.750. The summed E-state index contributed by atoms with van der Waals surface area (Å²) in [5.41, 5.74) is 2.66. The fourth-order valence-electron chi connectivity index (χ4n) is 0.637. The van der Waals surface area contributed by atoms with Gasteiger partial charge in [-0.15, -0.1) is 0 Å². The SMILES string of the molecule is C=O.CC=O.Cc1ccc(C)cc1. The molecule has 0 heterocycles. The zero-order chi connectivity index (χ0) is 10.7. The molecule has 72 valence electrons. The van der Waals surface area contributed by atoms with E-state index < -0.39 is 0 Å². The van der Waals surface area contributed by atoms with Crippen LogP contribution in [0.15, 0.2) is 24.3 Å². The first-order valence-electron chi connectivity index (χ1n) is 3.92. The average molecular weight is 180 g/mol. The van der Waals surface area contributed by atoms with Gasteiger partial charge < -0.3 is 9.59 Å². The number of rotatable bonds is 0. The van der Waals surface area contributed by atoms with Gasteiger partial charge in [-0.3, -0.25) is 0 Å². The molecule has 0 saturated heterocycles. The number of aldehydes is 1. The normalized spacial score (nSPS) is 7.00. The van der Waals surface area contributed by atoms with E-state index in [1.54, 1.807) is 0 Å². The van der Waals surface area contributed by atoms with E-state index in [0.717, 1.165) is 6.29 Å². The summed E-state index contributed by atoms with van der Waals surface area (Å²) < 4.78 is 0. The Morgan fingerprint density at radius 3 is 1.31 bits per heavy atom. The highest BCUT2D eigenvalue weighted by atomic mass is 16.1. The van der Waals surface area contributed by atoms with E-state index in [2.05, 4.69) is 38.1 Å². The Hall–Kier alpha value is -1.44. The lowest BCUT2D eigenvalue weighted by atomic mass is 10.2. The zero-order valence-corrected chi connectivity index (χ0v) is 8.41. The molecule has 1 rings (SSSR count). The molecule has 1 aromatic carbocycles. The van der Waals surface area contributed by atoms with Gasteiger partial charge in [-0.1, -0.05) is 35.4 Å². The van der Waals surface area contributed by atoms with Crippen LogP contribution in [0.25, 0.3) is 0 Å². The standard InChI is InChI=1S/C8H10.C2H4O.CH2O/c1-7-3-5-8(2)6-4-7;1-2-3;1-2/h3-6H,1-2H3;2H,1H3;1H2. The van der Waals surface area contributed by atoms with Gasteiger partial charge in [0.1, 0.15) is 13.1 Å². The van der Waals surface area contributed by atoms with Crippen LogP contribution in [0.3, 0.4) is 0 Å². The van der Waals surface area contributed by atoms with Crippen molar-refractivity contribution in [1.82, 2.24) is 0 Å². The molecular formula is C11H16O2. The van der Waals surface area contributed by atoms with E-state index in [1.807, 2.05) is 6.79 Å². The Balaban J connectivity index is 0. The first kappa shape index (κ1) is 14.1. The topological polar surface area (TPSA) is 34.1 Å². The van der Waals surface area contributed by atoms with Gasteiger partial charge in [-0.2, -0.15) is 0 Å². The minimum absolute atomic E-state index is 0.750. The van der Waals surface area contributed by atoms with Gasteiger partial charge in [-0.05, 0) is 20.8 Å². The van der Waals surface area contributed by atoms with Gasteiger partial charge in [0.05, 0.1) is 0 Å². The van der Waals surface area contributed by atoms with Crippen molar-refractivity contribution in [3.8, 4) is 0 Å². The van der Waals surface area contributed by atoms with Crippen molar-refractivity contribution in [1.29, 1.82) is 0 Å². The zero-order valence-electron chi connectivity index (χ0n) is 8.41. The second-order valence-electron chi connectivity index (χ2n) is 2.39. The molecule has 0 spiro atoms. The lowest BCUT2D eigenvalue weighted by molar-refractivity contribution is -0.106. The van der Waals surface area contributed by atoms with Crippen molar-refractivity contribution in [2.24, 2.45) is 0 Å². The van der Waals surface area contributed by atoms with Crippen molar-refractivity contribution >= 4 is 13.1 Å². The second kappa shape index (κ2) is 10.6. The summed E-state index contributed by atoms with van der Waals surface area (Å²) in [7, 11) is 0. The van der Waals surface area contributed by atoms with Crippen LogP contribution in [0.5, 0.6) is 0 Å². The van der Waals surface area contributed by atoms with Crippen LogP contribution >= 0.6 is 0 Å². The van der Waals surface area contributed by atoms with Gasteiger partial charge in [-0.25, -0.2) is 0 Å². The lowest BCUT2D eigenvalue weighted by Crippen LogP contribution is -1.70. The molecule has 13 heavy (non-hydrogen) atoms. The van der Waals surface area contributed by atoms with E-state index in [-0.39, 0.29) is 0 Å². The number of hydrogen-bond donors (Lipinski definition) is 0. The molecule has 0 unspecified atom stereocenters. The number of hydrogen-bond acceptors (Lipinski definition) is 2. The third-order valence-electron chi connectivity index (χ3n) is 1.22. The lowest BCUT2D eigenvalue weighted by Gasteiger charge is -1.90. The second-order valence-corrected chi connectivity index (χ2v) is 2.39. The van der Waals surface area contributed by atoms with Crippen molar-refractivity contribution in [3.63, 3.8) is 0 Å². The highest BCUT2D eigenvalue weighted by Crippen LogP contribution is 1.99. The molecule has 2 nitrogen and oxygen atoms in total.